The van der Waals surface area contributed by atoms with Gasteiger partial charge in [0.05, 0.1) is 5.56 Å². The Morgan fingerprint density at radius 2 is 2.09 bits per heavy atom. The number of aliphatic carboxylic acids is 1. The predicted octanol–water partition coefficient (Wildman–Crippen LogP) is 0.917. The summed E-state index contributed by atoms with van der Waals surface area (Å²) in [5.74, 6) is -0.460. The molecule has 1 aliphatic rings. The summed E-state index contributed by atoms with van der Waals surface area (Å²) in [6, 6.07) is 6.54. The van der Waals surface area contributed by atoms with E-state index in [-0.39, 0.29) is 12.5 Å². The Morgan fingerprint density at radius 1 is 1.30 bits per heavy atom. The van der Waals surface area contributed by atoms with Gasteiger partial charge in [-0.1, -0.05) is 18.2 Å². The van der Waals surface area contributed by atoms with Crippen molar-refractivity contribution in [3.63, 3.8) is 0 Å². The number of nitrogens with zero attached hydrogens (tertiary/aromatic N) is 3. The van der Waals surface area contributed by atoms with Crippen molar-refractivity contribution in [1.82, 2.24) is 19.8 Å². The maximum Gasteiger partial charge on any atom is 0.322 e. The number of carbonyl (C=O) groups is 2. The van der Waals surface area contributed by atoms with Gasteiger partial charge in [0.15, 0.2) is 0 Å². The van der Waals surface area contributed by atoms with E-state index in [9.17, 15) is 14.7 Å². The molecule has 0 bridgehead atoms. The van der Waals surface area contributed by atoms with Crippen LogP contribution in [0.25, 0.3) is 11.4 Å². The summed E-state index contributed by atoms with van der Waals surface area (Å²) in [4.78, 5) is 34.7. The molecular weight excluding hydrogens is 296 g/mol. The van der Waals surface area contributed by atoms with Gasteiger partial charge in [-0.15, -0.1) is 0 Å². The van der Waals surface area contributed by atoms with Gasteiger partial charge in [0, 0.05) is 37.6 Å². The zero-order valence-electron chi connectivity index (χ0n) is 12.8. The third-order valence-electron chi connectivity index (χ3n) is 4.13. The number of aromatic amines is 1. The van der Waals surface area contributed by atoms with Crippen molar-refractivity contribution < 1.29 is 14.7 Å². The summed E-state index contributed by atoms with van der Waals surface area (Å²) in [6.07, 6.45) is 3.33. The molecule has 120 valence electrons. The first-order valence-corrected chi connectivity index (χ1v) is 7.39. The monoisotopic (exact) mass is 314 g/mol. The quantitative estimate of drug-likeness (QED) is 0.879. The van der Waals surface area contributed by atoms with E-state index >= 15 is 0 Å². The topological polar surface area (TPSA) is 89.5 Å². The minimum atomic E-state index is -0.913. The number of nitrogens with one attached hydrogen (secondary N) is 1. The minimum Gasteiger partial charge on any atom is -0.480 e. The van der Waals surface area contributed by atoms with Crippen molar-refractivity contribution in [3.05, 3.63) is 42.2 Å². The molecule has 0 saturated carbocycles. The fourth-order valence-corrected chi connectivity index (χ4v) is 2.78. The van der Waals surface area contributed by atoms with Crippen molar-refractivity contribution in [2.75, 3.05) is 26.7 Å². The van der Waals surface area contributed by atoms with E-state index in [0.29, 0.717) is 30.0 Å². The molecule has 0 aliphatic carbocycles. The van der Waals surface area contributed by atoms with Gasteiger partial charge in [0.2, 0.25) is 0 Å². The van der Waals surface area contributed by atoms with Crippen LogP contribution >= 0.6 is 0 Å². The lowest BCUT2D eigenvalue weighted by Gasteiger charge is -2.37. The lowest BCUT2D eigenvalue weighted by Crippen LogP contribution is -2.56. The highest BCUT2D eigenvalue weighted by molar-refractivity contribution is 6.00. The van der Waals surface area contributed by atoms with Crippen LogP contribution in [0.2, 0.25) is 0 Å². The SMILES string of the molecule is CN1CCN(C(=O)c2ccccc2-c2ncc[nH]2)C[C@@H]1C(=O)O. The van der Waals surface area contributed by atoms with E-state index in [2.05, 4.69) is 9.97 Å². The molecule has 3 rings (SSSR count). The second-order valence-electron chi connectivity index (χ2n) is 5.57. The number of H-pyrrole nitrogens is 1. The Bertz CT molecular complexity index is 714. The van der Waals surface area contributed by atoms with E-state index in [1.807, 2.05) is 12.1 Å². The number of rotatable bonds is 3. The Hall–Kier alpha value is -2.67. The van der Waals surface area contributed by atoms with Crippen LogP contribution in [0, 0.1) is 0 Å². The van der Waals surface area contributed by atoms with Crippen LogP contribution in [0.5, 0.6) is 0 Å². The molecule has 2 aromatic rings. The Labute approximate surface area is 133 Å². The van der Waals surface area contributed by atoms with Crippen molar-refractivity contribution in [3.8, 4) is 11.4 Å². The number of carboxylic acid groups (broad SMARTS) is 1. The third-order valence-corrected chi connectivity index (χ3v) is 4.13. The van der Waals surface area contributed by atoms with Gasteiger partial charge in [-0.2, -0.15) is 0 Å². The predicted molar refractivity (Wildman–Crippen MR) is 84.0 cm³/mol. The number of hydrogen-bond donors (Lipinski definition) is 2. The van der Waals surface area contributed by atoms with Gasteiger partial charge >= 0.3 is 5.97 Å². The maximum absolute atomic E-state index is 12.9. The standard InChI is InChI=1S/C16H18N4O3/c1-19-8-9-20(10-13(19)16(22)23)15(21)12-5-3-2-4-11(12)14-17-6-7-18-14/h2-7,13H,8-10H2,1H3,(H,17,18)(H,22,23)/t13-/m1/s1. The smallest absolute Gasteiger partial charge is 0.322 e. The summed E-state index contributed by atoms with van der Waals surface area (Å²) in [5.41, 5.74) is 1.24. The number of imidazole rings is 1. The maximum atomic E-state index is 12.9. The molecule has 1 atom stereocenters. The zero-order valence-corrected chi connectivity index (χ0v) is 12.8. The van der Waals surface area contributed by atoms with Gasteiger partial charge in [-0.25, -0.2) is 4.98 Å². The van der Waals surface area contributed by atoms with Crippen LogP contribution < -0.4 is 0 Å². The number of amides is 1. The number of aromatic nitrogens is 2. The van der Waals surface area contributed by atoms with Crippen molar-refractivity contribution in [2.45, 2.75) is 6.04 Å². The van der Waals surface area contributed by atoms with Crippen LogP contribution in [0.1, 0.15) is 10.4 Å². The molecule has 0 radical (unpaired) electrons. The summed E-state index contributed by atoms with van der Waals surface area (Å²) in [6.45, 7) is 1.22. The number of hydrogen-bond acceptors (Lipinski definition) is 4. The Morgan fingerprint density at radius 3 is 2.78 bits per heavy atom. The van der Waals surface area contributed by atoms with Crippen LogP contribution in [-0.4, -0.2) is 69.5 Å². The molecular formula is C16H18N4O3. The van der Waals surface area contributed by atoms with Gasteiger partial charge in [-0.05, 0) is 13.1 Å². The molecule has 1 saturated heterocycles. The van der Waals surface area contributed by atoms with Gasteiger partial charge in [0.1, 0.15) is 11.9 Å². The largest absolute Gasteiger partial charge is 0.480 e. The molecule has 1 amide bonds. The van der Waals surface area contributed by atoms with Crippen molar-refractivity contribution in [1.29, 1.82) is 0 Å². The Kier molecular flexibility index (Phi) is 4.12. The summed E-state index contributed by atoms with van der Waals surface area (Å²) in [5, 5.41) is 9.29. The zero-order chi connectivity index (χ0) is 16.4. The molecule has 7 heteroatoms. The fraction of sp³-hybridized carbons (Fsp3) is 0.312. The van der Waals surface area contributed by atoms with Gasteiger partial charge in [0.25, 0.3) is 5.91 Å². The summed E-state index contributed by atoms with van der Waals surface area (Å²) >= 11 is 0. The molecule has 0 spiro atoms. The molecule has 1 fully saturated rings. The first-order chi connectivity index (χ1) is 11.1. The summed E-state index contributed by atoms with van der Waals surface area (Å²) in [7, 11) is 1.76. The van der Waals surface area contributed by atoms with E-state index in [1.54, 1.807) is 41.4 Å². The average Bonchev–Trinajstić information content (AvgIpc) is 3.08. The first kappa shape index (κ1) is 15.2. The number of benzene rings is 1. The summed E-state index contributed by atoms with van der Waals surface area (Å²) < 4.78 is 0. The highest BCUT2D eigenvalue weighted by Gasteiger charge is 2.33. The average molecular weight is 314 g/mol. The van der Waals surface area contributed by atoms with Crippen molar-refractivity contribution >= 4 is 11.9 Å². The number of carboxylic acids is 1. The normalized spacial score (nSPS) is 18.8. The van der Waals surface area contributed by atoms with Gasteiger partial charge in [-0.3, -0.25) is 14.5 Å². The Balaban J connectivity index is 1.88. The van der Waals surface area contributed by atoms with Crippen LogP contribution in [0.15, 0.2) is 36.7 Å². The van der Waals surface area contributed by atoms with Crippen LogP contribution in [-0.2, 0) is 4.79 Å². The first-order valence-electron chi connectivity index (χ1n) is 7.39. The molecule has 1 aromatic heterocycles. The molecule has 2 heterocycles. The lowest BCUT2D eigenvalue weighted by atomic mass is 10.0. The van der Waals surface area contributed by atoms with E-state index in [1.165, 1.54) is 0 Å². The lowest BCUT2D eigenvalue weighted by molar-refractivity contribution is -0.144. The molecule has 1 aromatic carbocycles. The molecule has 1 aliphatic heterocycles. The third kappa shape index (κ3) is 2.95. The molecule has 0 unspecified atom stereocenters. The van der Waals surface area contributed by atoms with Crippen LogP contribution in [0.4, 0.5) is 0 Å². The van der Waals surface area contributed by atoms with E-state index < -0.39 is 12.0 Å². The number of likely N-dealkylation sites (N-methyl/N-ethyl adjacent to an activating group) is 1. The van der Waals surface area contributed by atoms with E-state index in [4.69, 9.17) is 0 Å². The number of piperazine rings is 1. The highest BCUT2D eigenvalue weighted by atomic mass is 16.4. The second-order valence-corrected chi connectivity index (χ2v) is 5.57. The second kappa shape index (κ2) is 6.21. The molecule has 23 heavy (non-hydrogen) atoms. The molecule has 2 N–H and O–H groups in total. The fourth-order valence-electron chi connectivity index (χ4n) is 2.78. The minimum absolute atomic E-state index is 0.170. The molecule has 7 nitrogen and oxygen atoms in total. The van der Waals surface area contributed by atoms with Gasteiger partial charge < -0.3 is 15.0 Å². The van der Waals surface area contributed by atoms with E-state index in [0.717, 1.165) is 0 Å². The number of carbonyl (C=O) groups excluding carboxylic acids is 1. The van der Waals surface area contributed by atoms with Crippen molar-refractivity contribution in [2.24, 2.45) is 0 Å². The van der Waals surface area contributed by atoms with Crippen LogP contribution in [0.3, 0.4) is 0 Å². The highest BCUT2D eigenvalue weighted by Crippen LogP contribution is 2.22.